The van der Waals surface area contributed by atoms with Gasteiger partial charge in [-0.25, -0.2) is 4.79 Å². The number of hydrogen-bond donors (Lipinski definition) is 0. The molecule has 1 aromatic carbocycles. The summed E-state index contributed by atoms with van der Waals surface area (Å²) >= 11 is 1.50. The fraction of sp³-hybridized carbons (Fsp3) is 0.227. The van der Waals surface area contributed by atoms with Crippen molar-refractivity contribution in [2.24, 2.45) is 5.92 Å². The molecule has 2 aromatic rings. The summed E-state index contributed by atoms with van der Waals surface area (Å²) in [5.41, 5.74) is 0.225. The number of likely N-dealkylation sites (tertiary alicyclic amines) is 1. The fourth-order valence-electron chi connectivity index (χ4n) is 4.26. The number of hydrogen-bond acceptors (Lipinski definition) is 5. The number of carbonyl (C=O) groups is 3. The first-order chi connectivity index (χ1) is 13.5. The molecule has 142 valence electrons. The average molecular weight is 393 g/mol. The fourth-order valence-corrected chi connectivity index (χ4v) is 5.06. The quantitative estimate of drug-likeness (QED) is 0.592. The SMILES string of the molecule is C=C1C(=O)C=C2CN(C(=O)c3ccccc3)[C@@](Cc3cccs3)(C(=O)OC)[C@H]12. The zero-order chi connectivity index (χ0) is 19.9. The van der Waals surface area contributed by atoms with Crippen molar-refractivity contribution >= 4 is 29.0 Å². The highest BCUT2D eigenvalue weighted by atomic mass is 32.1. The number of thiophene rings is 1. The van der Waals surface area contributed by atoms with Crippen molar-refractivity contribution in [3.63, 3.8) is 0 Å². The van der Waals surface area contributed by atoms with E-state index in [2.05, 4.69) is 6.58 Å². The minimum Gasteiger partial charge on any atom is -0.467 e. The van der Waals surface area contributed by atoms with Gasteiger partial charge in [0.1, 0.15) is 0 Å². The molecule has 0 saturated carbocycles. The minimum atomic E-state index is -1.33. The summed E-state index contributed by atoms with van der Waals surface area (Å²) < 4.78 is 5.19. The summed E-state index contributed by atoms with van der Waals surface area (Å²) in [6, 6.07) is 12.7. The lowest BCUT2D eigenvalue weighted by atomic mass is 9.77. The first-order valence-corrected chi connectivity index (χ1v) is 9.78. The summed E-state index contributed by atoms with van der Waals surface area (Å²) in [7, 11) is 1.31. The second-order valence-corrected chi connectivity index (χ2v) is 8.00. The van der Waals surface area contributed by atoms with Crippen LogP contribution >= 0.6 is 11.3 Å². The number of methoxy groups -OCH3 is 1. The topological polar surface area (TPSA) is 63.7 Å². The van der Waals surface area contributed by atoms with E-state index in [1.165, 1.54) is 24.5 Å². The van der Waals surface area contributed by atoms with Crippen LogP contribution in [0.4, 0.5) is 0 Å². The van der Waals surface area contributed by atoms with Crippen LogP contribution in [-0.4, -0.2) is 41.8 Å². The van der Waals surface area contributed by atoms with E-state index in [1.807, 2.05) is 23.6 Å². The lowest BCUT2D eigenvalue weighted by Crippen LogP contribution is -2.59. The lowest BCUT2D eigenvalue weighted by Gasteiger charge is -2.39. The third kappa shape index (κ3) is 2.64. The molecule has 2 heterocycles. The van der Waals surface area contributed by atoms with Crippen LogP contribution in [-0.2, 0) is 20.7 Å². The van der Waals surface area contributed by atoms with Crippen LogP contribution in [0.15, 0.2) is 71.6 Å². The van der Waals surface area contributed by atoms with E-state index in [1.54, 1.807) is 29.2 Å². The van der Waals surface area contributed by atoms with Gasteiger partial charge in [-0.05, 0) is 35.2 Å². The van der Waals surface area contributed by atoms with E-state index in [0.29, 0.717) is 11.1 Å². The van der Waals surface area contributed by atoms with Gasteiger partial charge in [-0.15, -0.1) is 11.3 Å². The molecule has 0 unspecified atom stereocenters. The molecule has 0 radical (unpaired) electrons. The monoisotopic (exact) mass is 393 g/mol. The first kappa shape index (κ1) is 18.4. The van der Waals surface area contributed by atoms with Crippen molar-refractivity contribution in [2.45, 2.75) is 12.0 Å². The highest BCUT2D eigenvalue weighted by molar-refractivity contribution is 7.09. The van der Waals surface area contributed by atoms with Gasteiger partial charge < -0.3 is 9.64 Å². The van der Waals surface area contributed by atoms with Gasteiger partial charge in [-0.1, -0.05) is 30.8 Å². The number of carbonyl (C=O) groups excluding carboxylic acids is 3. The van der Waals surface area contributed by atoms with Crippen LogP contribution in [0.5, 0.6) is 0 Å². The zero-order valence-electron chi connectivity index (χ0n) is 15.4. The average Bonchev–Trinajstić information content (AvgIpc) is 3.40. The second-order valence-electron chi connectivity index (χ2n) is 6.97. The molecule has 28 heavy (non-hydrogen) atoms. The van der Waals surface area contributed by atoms with Gasteiger partial charge in [0.25, 0.3) is 5.91 Å². The van der Waals surface area contributed by atoms with Crippen molar-refractivity contribution in [3.05, 3.63) is 82.1 Å². The lowest BCUT2D eigenvalue weighted by molar-refractivity contribution is -0.153. The Kier molecular flexibility index (Phi) is 4.51. The van der Waals surface area contributed by atoms with E-state index in [9.17, 15) is 14.4 Å². The standard InChI is InChI=1S/C22H19NO4S/c1-14-18(24)11-16-13-23(20(25)15-7-4-3-5-8-15)22(19(14)16,21(26)27-2)12-17-9-6-10-28-17/h3-11,19H,1,12-13H2,2H3/t19-,22-/m1/s1. The Morgan fingerprint density at radius 1 is 1.25 bits per heavy atom. The number of fused-ring (bicyclic) bond motifs is 1. The molecule has 1 amide bonds. The smallest absolute Gasteiger partial charge is 0.333 e. The van der Waals surface area contributed by atoms with Crippen LogP contribution in [0.1, 0.15) is 15.2 Å². The third-order valence-corrected chi connectivity index (χ3v) is 6.36. The maximum atomic E-state index is 13.4. The van der Waals surface area contributed by atoms with Crippen molar-refractivity contribution in [2.75, 3.05) is 13.7 Å². The van der Waals surface area contributed by atoms with Gasteiger partial charge in [0, 0.05) is 34.9 Å². The van der Waals surface area contributed by atoms with Crippen LogP contribution in [0, 0.1) is 5.92 Å². The van der Waals surface area contributed by atoms with E-state index in [-0.39, 0.29) is 24.7 Å². The Bertz CT molecular complexity index is 993. The molecule has 0 bridgehead atoms. The maximum Gasteiger partial charge on any atom is 0.333 e. The van der Waals surface area contributed by atoms with E-state index in [0.717, 1.165) is 10.5 Å². The summed E-state index contributed by atoms with van der Waals surface area (Å²) in [5, 5.41) is 1.92. The van der Waals surface area contributed by atoms with Crippen molar-refractivity contribution in [3.8, 4) is 0 Å². The van der Waals surface area contributed by atoms with Gasteiger partial charge in [0.2, 0.25) is 0 Å². The number of ether oxygens (including phenoxy) is 1. The van der Waals surface area contributed by atoms with Crippen LogP contribution in [0.25, 0.3) is 0 Å². The number of nitrogens with zero attached hydrogens (tertiary/aromatic N) is 1. The molecule has 1 aromatic heterocycles. The zero-order valence-corrected chi connectivity index (χ0v) is 16.2. The minimum absolute atomic E-state index is 0.189. The van der Waals surface area contributed by atoms with E-state index >= 15 is 0 Å². The molecular weight excluding hydrogens is 374 g/mol. The number of allylic oxidation sites excluding steroid dienone is 1. The number of benzene rings is 1. The normalized spacial score (nSPS) is 23.5. The maximum absolute atomic E-state index is 13.4. The summed E-state index contributed by atoms with van der Waals surface area (Å²) in [4.78, 5) is 41.4. The Balaban J connectivity index is 1.89. The summed E-state index contributed by atoms with van der Waals surface area (Å²) in [6.07, 6.45) is 1.78. The third-order valence-electron chi connectivity index (χ3n) is 5.48. The number of amides is 1. The molecule has 4 rings (SSSR count). The molecule has 2 aliphatic rings. The van der Waals surface area contributed by atoms with E-state index in [4.69, 9.17) is 4.74 Å². The molecule has 1 saturated heterocycles. The van der Waals surface area contributed by atoms with Crippen molar-refractivity contribution in [1.29, 1.82) is 0 Å². The molecular formula is C22H19NO4S. The molecule has 0 spiro atoms. The van der Waals surface area contributed by atoms with Crippen LogP contribution in [0.2, 0.25) is 0 Å². The number of ketones is 1. The number of rotatable bonds is 4. The molecule has 1 aliphatic heterocycles. The molecule has 1 aliphatic carbocycles. The van der Waals surface area contributed by atoms with Gasteiger partial charge in [0.05, 0.1) is 7.11 Å². The predicted molar refractivity (Wildman–Crippen MR) is 106 cm³/mol. The first-order valence-electron chi connectivity index (χ1n) is 8.90. The Morgan fingerprint density at radius 3 is 2.64 bits per heavy atom. The molecule has 5 nitrogen and oxygen atoms in total. The van der Waals surface area contributed by atoms with Crippen molar-refractivity contribution < 1.29 is 19.1 Å². The highest BCUT2D eigenvalue weighted by Crippen LogP contribution is 2.49. The molecule has 2 atom stereocenters. The molecule has 6 heteroatoms. The summed E-state index contributed by atoms with van der Waals surface area (Å²) in [6.45, 7) is 4.14. The molecule has 1 fully saturated rings. The van der Waals surface area contributed by atoms with Gasteiger partial charge in [0.15, 0.2) is 11.3 Å². The van der Waals surface area contributed by atoms with Gasteiger partial charge in [-0.2, -0.15) is 0 Å². The largest absolute Gasteiger partial charge is 0.467 e. The molecule has 0 N–H and O–H groups in total. The van der Waals surface area contributed by atoms with Crippen LogP contribution < -0.4 is 0 Å². The second kappa shape index (κ2) is 6.87. The number of esters is 1. The van der Waals surface area contributed by atoms with Crippen LogP contribution in [0.3, 0.4) is 0 Å². The Labute approximate surface area is 166 Å². The summed E-state index contributed by atoms with van der Waals surface area (Å²) in [5.74, 6) is -1.55. The Hall–Kier alpha value is -2.99. The predicted octanol–water partition coefficient (Wildman–Crippen LogP) is 3.04. The van der Waals surface area contributed by atoms with Gasteiger partial charge in [-0.3, -0.25) is 9.59 Å². The van der Waals surface area contributed by atoms with Crippen molar-refractivity contribution in [1.82, 2.24) is 4.90 Å². The van der Waals surface area contributed by atoms with E-state index < -0.39 is 17.4 Å². The van der Waals surface area contributed by atoms with Gasteiger partial charge >= 0.3 is 5.97 Å². The highest BCUT2D eigenvalue weighted by Gasteiger charge is 2.62. The Morgan fingerprint density at radius 2 is 2.00 bits per heavy atom.